The third-order valence-corrected chi connectivity index (χ3v) is 6.35. The summed E-state index contributed by atoms with van der Waals surface area (Å²) >= 11 is 0. The molecule has 7 heteroatoms. The molecule has 5 rings (SSSR count). The number of hydrogen-bond acceptors (Lipinski definition) is 5. The summed E-state index contributed by atoms with van der Waals surface area (Å²) < 4.78 is 27.0. The van der Waals surface area contributed by atoms with E-state index in [1.54, 1.807) is 12.1 Å². The van der Waals surface area contributed by atoms with Crippen molar-refractivity contribution in [3.8, 4) is 17.1 Å². The first-order chi connectivity index (χ1) is 15.5. The van der Waals surface area contributed by atoms with E-state index in [-0.39, 0.29) is 11.6 Å². The van der Waals surface area contributed by atoms with Gasteiger partial charge in [0.05, 0.1) is 25.4 Å². The number of nitrogens with zero attached hydrogens (tertiary/aromatic N) is 4. The molecule has 1 spiro atoms. The van der Waals surface area contributed by atoms with Crippen molar-refractivity contribution < 1.29 is 13.9 Å². The van der Waals surface area contributed by atoms with Crippen LogP contribution in [0.1, 0.15) is 44.0 Å². The van der Waals surface area contributed by atoms with E-state index in [0.717, 1.165) is 48.8 Å². The van der Waals surface area contributed by atoms with E-state index in [9.17, 15) is 4.39 Å². The Balaban J connectivity index is 1.41. The van der Waals surface area contributed by atoms with Gasteiger partial charge in [-0.15, -0.1) is 5.10 Å². The fourth-order valence-corrected chi connectivity index (χ4v) is 4.43. The number of ether oxygens (including phenoxy) is 2. The molecule has 168 valence electrons. The number of likely N-dealkylation sites (tertiary alicyclic amines) is 1. The smallest absolute Gasteiger partial charge is 0.170 e. The van der Waals surface area contributed by atoms with Crippen molar-refractivity contribution in [2.45, 2.75) is 44.9 Å². The van der Waals surface area contributed by atoms with Gasteiger partial charge in [-0.1, -0.05) is 38.1 Å². The number of hydrogen-bond donors (Lipinski definition) is 0. The van der Waals surface area contributed by atoms with Crippen molar-refractivity contribution in [3.63, 3.8) is 0 Å². The highest BCUT2D eigenvalue weighted by Crippen LogP contribution is 2.32. The van der Waals surface area contributed by atoms with E-state index >= 15 is 0 Å². The summed E-state index contributed by atoms with van der Waals surface area (Å²) in [6.07, 6.45) is 1.71. The molecular weight excluding hydrogens is 407 g/mol. The summed E-state index contributed by atoms with van der Waals surface area (Å²) in [5, 5.41) is 4.81. The van der Waals surface area contributed by atoms with Crippen molar-refractivity contribution >= 4 is 0 Å². The maximum Gasteiger partial charge on any atom is 0.170 e. The Kier molecular flexibility index (Phi) is 5.80. The van der Waals surface area contributed by atoms with Crippen LogP contribution >= 0.6 is 0 Å². The van der Waals surface area contributed by atoms with Crippen LogP contribution in [0.2, 0.25) is 0 Å². The topological polar surface area (TPSA) is 52.4 Å². The van der Waals surface area contributed by atoms with Crippen molar-refractivity contribution in [2.24, 2.45) is 0 Å². The molecule has 0 bridgehead atoms. The molecule has 0 saturated carbocycles. The zero-order valence-corrected chi connectivity index (χ0v) is 18.6. The summed E-state index contributed by atoms with van der Waals surface area (Å²) in [6, 6.07) is 14.8. The number of aromatic nitrogens is 3. The van der Waals surface area contributed by atoms with Crippen LogP contribution in [0.5, 0.6) is 0 Å². The normalized spacial score (nSPS) is 18.6. The van der Waals surface area contributed by atoms with E-state index in [2.05, 4.69) is 43.0 Å². The molecule has 3 aromatic rings. The molecule has 1 aromatic heterocycles. The molecular formula is C25H29FN4O2. The predicted molar refractivity (Wildman–Crippen MR) is 120 cm³/mol. The highest BCUT2D eigenvalue weighted by molar-refractivity contribution is 5.58. The van der Waals surface area contributed by atoms with Crippen molar-refractivity contribution in [3.05, 3.63) is 65.7 Å². The Hall–Kier alpha value is -2.61. The largest absolute Gasteiger partial charge is 0.347 e. The van der Waals surface area contributed by atoms with E-state index in [0.29, 0.717) is 25.7 Å². The van der Waals surface area contributed by atoms with Gasteiger partial charge in [-0.3, -0.25) is 4.90 Å². The Morgan fingerprint density at radius 1 is 0.969 bits per heavy atom. The van der Waals surface area contributed by atoms with Gasteiger partial charge in [-0.05, 0) is 35.7 Å². The van der Waals surface area contributed by atoms with Crippen LogP contribution in [0.15, 0.2) is 48.5 Å². The number of rotatable bonds is 5. The van der Waals surface area contributed by atoms with Crippen molar-refractivity contribution in [2.75, 3.05) is 26.3 Å². The monoisotopic (exact) mass is 436 g/mol. The second kappa shape index (κ2) is 8.73. The molecule has 2 saturated heterocycles. The Morgan fingerprint density at radius 3 is 2.25 bits per heavy atom. The Labute approximate surface area is 188 Å². The first kappa shape index (κ1) is 21.2. The molecule has 0 unspecified atom stereocenters. The molecule has 0 radical (unpaired) electrons. The molecule has 0 N–H and O–H groups in total. The van der Waals surface area contributed by atoms with Gasteiger partial charge < -0.3 is 9.47 Å². The predicted octanol–water partition coefficient (Wildman–Crippen LogP) is 4.54. The maximum atomic E-state index is 13.5. The lowest BCUT2D eigenvalue weighted by molar-refractivity contribution is -0.185. The first-order valence-electron chi connectivity index (χ1n) is 11.3. The van der Waals surface area contributed by atoms with Crippen LogP contribution in [0.25, 0.3) is 17.1 Å². The minimum absolute atomic E-state index is 0.268. The molecule has 2 fully saturated rings. The SMILES string of the molecule is CC(C)c1ccc(-c2nc(CN3CCC4(CC3)OCCO4)nn2-c2ccc(F)cc2)cc1. The molecule has 32 heavy (non-hydrogen) atoms. The van der Waals surface area contributed by atoms with Gasteiger partial charge in [-0.25, -0.2) is 14.1 Å². The van der Waals surface area contributed by atoms with Gasteiger partial charge in [-0.2, -0.15) is 0 Å². The van der Waals surface area contributed by atoms with Crippen LogP contribution in [-0.4, -0.2) is 51.8 Å². The summed E-state index contributed by atoms with van der Waals surface area (Å²) in [5.41, 5.74) is 3.06. The summed E-state index contributed by atoms with van der Waals surface area (Å²) in [7, 11) is 0. The van der Waals surface area contributed by atoms with E-state index < -0.39 is 0 Å². The Bertz CT molecular complexity index is 1050. The molecule has 2 aromatic carbocycles. The second-order valence-corrected chi connectivity index (χ2v) is 8.90. The van der Waals surface area contributed by atoms with Gasteiger partial charge in [0.25, 0.3) is 0 Å². The molecule has 2 aliphatic rings. The molecule has 0 amide bonds. The highest BCUT2D eigenvalue weighted by Gasteiger charge is 2.39. The Morgan fingerprint density at radius 2 is 1.62 bits per heavy atom. The van der Waals surface area contributed by atoms with Crippen LogP contribution in [0, 0.1) is 5.82 Å². The van der Waals surface area contributed by atoms with Gasteiger partial charge >= 0.3 is 0 Å². The molecule has 3 heterocycles. The first-order valence-corrected chi connectivity index (χ1v) is 11.3. The van der Waals surface area contributed by atoms with Crippen LogP contribution in [0.4, 0.5) is 4.39 Å². The van der Waals surface area contributed by atoms with Gasteiger partial charge in [0, 0.05) is 31.5 Å². The van der Waals surface area contributed by atoms with Crippen LogP contribution in [-0.2, 0) is 16.0 Å². The third kappa shape index (κ3) is 4.33. The minimum Gasteiger partial charge on any atom is -0.347 e. The quantitative estimate of drug-likeness (QED) is 0.588. The minimum atomic E-state index is -0.388. The van der Waals surface area contributed by atoms with E-state index in [1.165, 1.54) is 17.7 Å². The fourth-order valence-electron chi connectivity index (χ4n) is 4.43. The van der Waals surface area contributed by atoms with Crippen molar-refractivity contribution in [1.29, 1.82) is 0 Å². The fraction of sp³-hybridized carbons (Fsp3) is 0.440. The highest BCUT2D eigenvalue weighted by atomic mass is 19.1. The maximum absolute atomic E-state index is 13.5. The number of benzene rings is 2. The summed E-state index contributed by atoms with van der Waals surface area (Å²) in [4.78, 5) is 7.23. The average molecular weight is 437 g/mol. The summed E-state index contributed by atoms with van der Waals surface area (Å²) in [6.45, 7) is 8.14. The molecule has 6 nitrogen and oxygen atoms in total. The molecule has 0 atom stereocenters. The van der Waals surface area contributed by atoms with Crippen molar-refractivity contribution in [1.82, 2.24) is 19.7 Å². The van der Waals surface area contributed by atoms with Gasteiger partial charge in [0.2, 0.25) is 0 Å². The van der Waals surface area contributed by atoms with Gasteiger partial charge in [0.15, 0.2) is 17.4 Å². The zero-order chi connectivity index (χ0) is 22.1. The van der Waals surface area contributed by atoms with Gasteiger partial charge in [0.1, 0.15) is 5.82 Å². The van der Waals surface area contributed by atoms with E-state index in [1.807, 2.05) is 4.68 Å². The molecule has 0 aliphatic carbocycles. The number of piperidine rings is 1. The third-order valence-electron chi connectivity index (χ3n) is 6.35. The van der Waals surface area contributed by atoms with Crippen LogP contribution in [0.3, 0.4) is 0 Å². The standard InChI is InChI=1S/C25H29FN4O2/c1-18(2)19-3-5-20(6-4-19)24-27-23(28-30(24)22-9-7-21(26)8-10-22)17-29-13-11-25(12-14-29)31-15-16-32-25/h3-10,18H,11-17H2,1-2H3. The molecule has 2 aliphatic heterocycles. The summed E-state index contributed by atoms with van der Waals surface area (Å²) in [5.74, 6) is 1.32. The zero-order valence-electron chi connectivity index (χ0n) is 18.6. The number of halogens is 1. The average Bonchev–Trinajstić information content (AvgIpc) is 3.44. The lowest BCUT2D eigenvalue weighted by Crippen LogP contribution is -2.44. The lowest BCUT2D eigenvalue weighted by Gasteiger charge is -2.37. The van der Waals surface area contributed by atoms with Crippen LogP contribution < -0.4 is 0 Å². The lowest BCUT2D eigenvalue weighted by atomic mass is 10.0. The second-order valence-electron chi connectivity index (χ2n) is 8.90. The van der Waals surface area contributed by atoms with E-state index in [4.69, 9.17) is 19.6 Å².